The number of aryl methyl sites for hydroxylation is 3. The molecule has 1 aliphatic rings. The van der Waals surface area contributed by atoms with E-state index >= 15 is 0 Å². The number of rotatable bonds is 4. The quantitative estimate of drug-likeness (QED) is 0.841. The fraction of sp³-hybridized carbons (Fsp3) is 0.533. The topological polar surface area (TPSA) is 121 Å². The molecule has 1 aliphatic heterocycles. The van der Waals surface area contributed by atoms with Gasteiger partial charge in [-0.1, -0.05) is 5.16 Å². The fourth-order valence-corrected chi connectivity index (χ4v) is 4.80. The van der Waals surface area contributed by atoms with Crippen LogP contribution in [0.4, 0.5) is 5.82 Å². The largest absolute Gasteiger partial charge is 0.360 e. The summed E-state index contributed by atoms with van der Waals surface area (Å²) >= 11 is 0. The van der Waals surface area contributed by atoms with E-state index in [4.69, 9.17) is 4.52 Å². The Labute approximate surface area is 145 Å². The van der Waals surface area contributed by atoms with Crippen LogP contribution in [0.5, 0.6) is 0 Å². The van der Waals surface area contributed by atoms with E-state index in [1.165, 1.54) is 4.31 Å². The van der Waals surface area contributed by atoms with Crippen molar-refractivity contribution in [3.8, 4) is 0 Å². The summed E-state index contributed by atoms with van der Waals surface area (Å²) in [4.78, 5) is 12.4. The summed E-state index contributed by atoms with van der Waals surface area (Å²) in [6.07, 6.45) is 0.912. The van der Waals surface area contributed by atoms with Crippen molar-refractivity contribution in [1.29, 1.82) is 0 Å². The SMILES string of the molecule is Cc1cc(NC(=O)C2CCN(S(=O)(=O)c3c(C)noc3C)CC2)n[nH]1. The molecule has 1 saturated heterocycles. The first-order valence-corrected chi connectivity index (χ1v) is 9.49. The molecule has 0 unspecified atom stereocenters. The zero-order valence-corrected chi connectivity index (χ0v) is 15.2. The summed E-state index contributed by atoms with van der Waals surface area (Å²) in [5.41, 5.74) is 1.21. The molecule has 10 heteroatoms. The van der Waals surface area contributed by atoms with Crippen molar-refractivity contribution in [1.82, 2.24) is 19.7 Å². The molecule has 2 N–H and O–H groups in total. The molecule has 1 amide bonds. The average Bonchev–Trinajstić information content (AvgIpc) is 3.13. The van der Waals surface area contributed by atoms with Crippen LogP contribution >= 0.6 is 0 Å². The lowest BCUT2D eigenvalue weighted by Gasteiger charge is -2.30. The lowest BCUT2D eigenvalue weighted by atomic mass is 9.97. The van der Waals surface area contributed by atoms with Crippen molar-refractivity contribution in [2.75, 3.05) is 18.4 Å². The van der Waals surface area contributed by atoms with Gasteiger partial charge in [-0.3, -0.25) is 9.89 Å². The van der Waals surface area contributed by atoms with Crippen LogP contribution in [-0.2, 0) is 14.8 Å². The number of nitrogens with one attached hydrogen (secondary N) is 2. The van der Waals surface area contributed by atoms with Gasteiger partial charge in [0.2, 0.25) is 15.9 Å². The van der Waals surface area contributed by atoms with Crippen LogP contribution < -0.4 is 5.32 Å². The summed E-state index contributed by atoms with van der Waals surface area (Å²) in [5.74, 6) is 0.383. The Hall–Kier alpha value is -2.20. The summed E-state index contributed by atoms with van der Waals surface area (Å²) in [5, 5.41) is 13.2. The number of H-pyrrole nitrogens is 1. The van der Waals surface area contributed by atoms with Crippen LogP contribution in [0.15, 0.2) is 15.5 Å². The number of hydrogen-bond acceptors (Lipinski definition) is 6. The monoisotopic (exact) mass is 367 g/mol. The molecule has 0 radical (unpaired) electrons. The summed E-state index contributed by atoms with van der Waals surface area (Å²) in [7, 11) is -3.66. The maximum atomic E-state index is 12.8. The van der Waals surface area contributed by atoms with E-state index in [2.05, 4.69) is 20.7 Å². The van der Waals surface area contributed by atoms with Crippen molar-refractivity contribution in [2.45, 2.75) is 38.5 Å². The molecule has 0 bridgehead atoms. The van der Waals surface area contributed by atoms with E-state index < -0.39 is 10.0 Å². The third kappa shape index (κ3) is 3.45. The average molecular weight is 367 g/mol. The van der Waals surface area contributed by atoms with Gasteiger partial charge in [0.25, 0.3) is 0 Å². The molecule has 9 nitrogen and oxygen atoms in total. The van der Waals surface area contributed by atoms with Gasteiger partial charge < -0.3 is 9.84 Å². The minimum Gasteiger partial charge on any atom is -0.360 e. The molecule has 0 atom stereocenters. The van der Waals surface area contributed by atoms with Gasteiger partial charge in [0.05, 0.1) is 0 Å². The highest BCUT2D eigenvalue weighted by atomic mass is 32.2. The smallest absolute Gasteiger partial charge is 0.248 e. The van der Waals surface area contributed by atoms with Crippen LogP contribution in [0.1, 0.15) is 30.0 Å². The summed E-state index contributed by atoms with van der Waals surface area (Å²) in [6.45, 7) is 5.60. The Morgan fingerprint density at radius 3 is 2.52 bits per heavy atom. The van der Waals surface area contributed by atoms with Crippen molar-refractivity contribution in [3.05, 3.63) is 23.2 Å². The molecule has 0 aliphatic carbocycles. The highest BCUT2D eigenvalue weighted by Crippen LogP contribution is 2.28. The Morgan fingerprint density at radius 2 is 2.00 bits per heavy atom. The Balaban J connectivity index is 1.64. The molecule has 0 spiro atoms. The van der Waals surface area contributed by atoms with Crippen molar-refractivity contribution >= 4 is 21.7 Å². The van der Waals surface area contributed by atoms with Crippen LogP contribution in [0, 0.1) is 26.7 Å². The number of carbonyl (C=O) groups excluding carboxylic acids is 1. The first-order valence-electron chi connectivity index (χ1n) is 8.05. The highest BCUT2D eigenvalue weighted by molar-refractivity contribution is 7.89. The van der Waals surface area contributed by atoms with Gasteiger partial charge in [-0.25, -0.2) is 8.42 Å². The highest BCUT2D eigenvalue weighted by Gasteiger charge is 2.35. The molecule has 0 saturated carbocycles. The number of piperidine rings is 1. The molecule has 0 aromatic carbocycles. The molecular weight excluding hydrogens is 346 g/mol. The lowest BCUT2D eigenvalue weighted by Crippen LogP contribution is -2.41. The van der Waals surface area contributed by atoms with Crippen LogP contribution in [0.25, 0.3) is 0 Å². The Morgan fingerprint density at radius 1 is 1.32 bits per heavy atom. The van der Waals surface area contributed by atoms with Gasteiger partial charge in [-0.2, -0.15) is 9.40 Å². The predicted octanol–water partition coefficient (Wildman–Crippen LogP) is 1.36. The normalized spacial score (nSPS) is 16.9. The minimum atomic E-state index is -3.66. The molecule has 2 aromatic rings. The van der Waals surface area contributed by atoms with Gasteiger partial charge >= 0.3 is 0 Å². The van der Waals surface area contributed by atoms with E-state index in [9.17, 15) is 13.2 Å². The second-order valence-corrected chi connectivity index (χ2v) is 8.13. The maximum Gasteiger partial charge on any atom is 0.248 e. The number of sulfonamides is 1. The number of hydrogen-bond donors (Lipinski definition) is 2. The molecule has 1 fully saturated rings. The van der Waals surface area contributed by atoms with Gasteiger partial charge in [-0.05, 0) is 33.6 Å². The van der Waals surface area contributed by atoms with Gasteiger partial charge in [-0.15, -0.1) is 0 Å². The third-order valence-corrected chi connectivity index (χ3v) is 6.49. The predicted molar refractivity (Wildman–Crippen MR) is 89.4 cm³/mol. The second kappa shape index (κ2) is 6.60. The number of carbonyl (C=O) groups is 1. The van der Waals surface area contributed by atoms with E-state index in [1.807, 2.05) is 6.92 Å². The molecular formula is C15H21N5O4S. The molecule has 25 heavy (non-hydrogen) atoms. The lowest BCUT2D eigenvalue weighted by molar-refractivity contribution is -0.120. The van der Waals surface area contributed by atoms with E-state index in [0.717, 1.165) is 5.69 Å². The number of anilines is 1. The van der Waals surface area contributed by atoms with Crippen molar-refractivity contribution < 1.29 is 17.7 Å². The molecule has 3 rings (SSSR count). The zero-order valence-electron chi connectivity index (χ0n) is 14.4. The Kier molecular flexibility index (Phi) is 4.65. The van der Waals surface area contributed by atoms with Gasteiger partial charge in [0.15, 0.2) is 11.6 Å². The minimum absolute atomic E-state index is 0.127. The standard InChI is InChI=1S/C15H21N5O4S/c1-9-8-13(18-17-9)16-15(21)12-4-6-20(7-5-12)25(22,23)14-10(2)19-24-11(14)3/h8,12H,4-7H2,1-3H3,(H2,16,17,18,21). The zero-order chi connectivity index (χ0) is 18.2. The van der Waals surface area contributed by atoms with Crippen LogP contribution in [0.3, 0.4) is 0 Å². The van der Waals surface area contributed by atoms with Crippen molar-refractivity contribution in [3.63, 3.8) is 0 Å². The molecule has 2 aromatic heterocycles. The number of amides is 1. The van der Waals surface area contributed by atoms with Crippen LogP contribution in [-0.4, -0.2) is 47.1 Å². The van der Waals surface area contributed by atoms with Crippen LogP contribution in [0.2, 0.25) is 0 Å². The first kappa shape index (κ1) is 17.6. The van der Waals surface area contributed by atoms with Crippen molar-refractivity contribution in [2.24, 2.45) is 5.92 Å². The molecule has 3 heterocycles. The Bertz CT molecular complexity index is 858. The molecule has 136 valence electrons. The van der Waals surface area contributed by atoms with Gasteiger partial charge in [0, 0.05) is 30.8 Å². The summed E-state index contributed by atoms with van der Waals surface area (Å²) in [6, 6.07) is 1.74. The number of aromatic nitrogens is 3. The second-order valence-electron chi connectivity index (χ2n) is 6.26. The maximum absolute atomic E-state index is 12.8. The van der Waals surface area contributed by atoms with E-state index in [1.54, 1.807) is 19.9 Å². The number of aromatic amines is 1. The van der Waals surface area contributed by atoms with E-state index in [0.29, 0.717) is 24.4 Å². The summed E-state index contributed by atoms with van der Waals surface area (Å²) < 4.78 is 31.9. The fourth-order valence-electron chi connectivity index (χ4n) is 3.04. The van der Waals surface area contributed by atoms with Gasteiger partial charge in [0.1, 0.15) is 10.6 Å². The third-order valence-electron chi connectivity index (χ3n) is 4.35. The van der Waals surface area contributed by atoms with E-state index in [-0.39, 0.29) is 35.6 Å². The number of nitrogens with zero attached hydrogens (tertiary/aromatic N) is 3. The first-order chi connectivity index (χ1) is 11.8.